The van der Waals surface area contributed by atoms with E-state index in [1.807, 2.05) is 0 Å². The number of anilines is 1. The molecule has 2 rings (SSSR count). The first-order chi connectivity index (χ1) is 8.03. The third-order valence-electron chi connectivity index (χ3n) is 2.09. The van der Waals surface area contributed by atoms with Crippen molar-refractivity contribution in [3.05, 3.63) is 23.2 Å². The van der Waals surface area contributed by atoms with E-state index in [1.165, 1.54) is 6.07 Å². The summed E-state index contributed by atoms with van der Waals surface area (Å²) in [5, 5.41) is 11.8. The van der Waals surface area contributed by atoms with E-state index in [4.69, 9.17) is 16.7 Å². The topological polar surface area (TPSA) is 90.8 Å². The molecule has 1 aliphatic heterocycles. The molecule has 0 spiro atoms. The Morgan fingerprint density at radius 3 is 2.88 bits per heavy atom. The van der Waals surface area contributed by atoms with Crippen molar-refractivity contribution in [1.29, 1.82) is 0 Å². The molecule has 0 aromatic heterocycles. The second kappa shape index (κ2) is 4.52. The molecule has 0 saturated heterocycles. The molecule has 0 fully saturated rings. The summed E-state index contributed by atoms with van der Waals surface area (Å²) < 4.78 is 25.9. The Labute approximate surface area is 103 Å². The van der Waals surface area contributed by atoms with Crippen LogP contribution in [0.15, 0.2) is 28.1 Å². The molecule has 1 heterocycles. The van der Waals surface area contributed by atoms with Crippen LogP contribution in [0.4, 0.5) is 5.69 Å². The summed E-state index contributed by atoms with van der Waals surface area (Å²) in [6, 6.07) is 4.50. The Balaban J connectivity index is 2.45. The van der Waals surface area contributed by atoms with Crippen molar-refractivity contribution in [3.8, 4) is 0 Å². The van der Waals surface area contributed by atoms with Gasteiger partial charge in [0.2, 0.25) is 5.96 Å². The van der Waals surface area contributed by atoms with Crippen LogP contribution in [0.3, 0.4) is 0 Å². The molecule has 0 radical (unpaired) electrons. The lowest BCUT2D eigenvalue weighted by Gasteiger charge is -2.21. The highest BCUT2D eigenvalue weighted by atomic mass is 35.5. The number of hydrogen-bond acceptors (Lipinski definition) is 4. The van der Waals surface area contributed by atoms with Crippen molar-refractivity contribution in [1.82, 2.24) is 4.72 Å². The fourth-order valence-corrected chi connectivity index (χ4v) is 2.80. The Morgan fingerprint density at radius 1 is 1.41 bits per heavy atom. The summed E-state index contributed by atoms with van der Waals surface area (Å²) in [4.78, 5) is 3.93. The largest absolute Gasteiger partial charge is 0.394 e. The first kappa shape index (κ1) is 12.2. The van der Waals surface area contributed by atoms with E-state index >= 15 is 0 Å². The standard InChI is InChI=1S/C9H10ClN3O3S/c10-6-1-2-7-8(5-6)17(15,16)13-9(12-7)11-3-4-14/h1-2,5,14H,3-4H2,(H2,11,12,13). The number of aliphatic hydroxyl groups excluding tert-OH is 1. The minimum Gasteiger partial charge on any atom is -0.394 e. The SMILES string of the molecule is O=S1(=O)NC(=NCCO)Nc2ccc(Cl)cc21. The van der Waals surface area contributed by atoms with E-state index in [9.17, 15) is 8.42 Å². The molecule has 1 aromatic carbocycles. The van der Waals surface area contributed by atoms with Crippen LogP contribution < -0.4 is 10.0 Å². The van der Waals surface area contributed by atoms with Gasteiger partial charge >= 0.3 is 0 Å². The number of sulfonamides is 1. The highest BCUT2D eigenvalue weighted by Crippen LogP contribution is 2.27. The lowest BCUT2D eigenvalue weighted by Crippen LogP contribution is -2.40. The van der Waals surface area contributed by atoms with Gasteiger partial charge in [0.25, 0.3) is 10.0 Å². The summed E-state index contributed by atoms with van der Waals surface area (Å²) in [5.41, 5.74) is 0.407. The average Bonchev–Trinajstić information content (AvgIpc) is 2.27. The zero-order valence-electron chi connectivity index (χ0n) is 8.64. The third kappa shape index (κ3) is 2.51. The second-order valence-corrected chi connectivity index (χ2v) is 5.41. The van der Waals surface area contributed by atoms with Gasteiger partial charge in [-0.15, -0.1) is 0 Å². The van der Waals surface area contributed by atoms with Gasteiger partial charge in [-0.05, 0) is 18.2 Å². The molecule has 92 valence electrons. The van der Waals surface area contributed by atoms with Crippen LogP contribution in [-0.4, -0.2) is 32.6 Å². The van der Waals surface area contributed by atoms with Gasteiger partial charge in [-0.25, -0.2) is 18.1 Å². The predicted molar refractivity (Wildman–Crippen MR) is 64.8 cm³/mol. The van der Waals surface area contributed by atoms with Crippen LogP contribution in [0.25, 0.3) is 0 Å². The molecule has 0 amide bonds. The predicted octanol–water partition coefficient (Wildman–Crippen LogP) is 0.392. The highest BCUT2D eigenvalue weighted by molar-refractivity contribution is 7.90. The lowest BCUT2D eigenvalue weighted by molar-refractivity contribution is 0.307. The smallest absolute Gasteiger partial charge is 0.266 e. The van der Waals surface area contributed by atoms with Gasteiger partial charge in [-0.1, -0.05) is 11.6 Å². The zero-order chi connectivity index (χ0) is 12.5. The quantitative estimate of drug-likeness (QED) is 0.728. The number of aliphatic hydroxyl groups is 1. The number of hydrogen-bond donors (Lipinski definition) is 3. The summed E-state index contributed by atoms with van der Waals surface area (Å²) in [6.07, 6.45) is 0. The molecule has 3 N–H and O–H groups in total. The molecular weight excluding hydrogens is 266 g/mol. The Kier molecular flexibility index (Phi) is 3.23. The number of rotatable bonds is 2. The summed E-state index contributed by atoms with van der Waals surface area (Å²) in [5.74, 6) is 0.0915. The van der Waals surface area contributed by atoms with Crippen molar-refractivity contribution >= 4 is 33.3 Å². The first-order valence-electron chi connectivity index (χ1n) is 4.77. The summed E-state index contributed by atoms with van der Waals surface area (Å²) in [6.45, 7) is -0.0336. The maximum Gasteiger partial charge on any atom is 0.266 e. The highest BCUT2D eigenvalue weighted by Gasteiger charge is 2.26. The van der Waals surface area contributed by atoms with Gasteiger partial charge in [0, 0.05) is 5.02 Å². The molecule has 6 nitrogen and oxygen atoms in total. The molecule has 0 unspecified atom stereocenters. The van der Waals surface area contributed by atoms with Crippen LogP contribution in [0.2, 0.25) is 5.02 Å². The molecule has 1 aliphatic rings. The zero-order valence-corrected chi connectivity index (χ0v) is 10.2. The minimum atomic E-state index is -3.65. The van der Waals surface area contributed by atoms with Crippen LogP contribution >= 0.6 is 11.6 Å². The van der Waals surface area contributed by atoms with Gasteiger partial charge in [-0.3, -0.25) is 0 Å². The third-order valence-corrected chi connectivity index (χ3v) is 3.70. The van der Waals surface area contributed by atoms with Gasteiger partial charge in [-0.2, -0.15) is 0 Å². The van der Waals surface area contributed by atoms with Gasteiger partial charge in [0.05, 0.1) is 18.8 Å². The van der Waals surface area contributed by atoms with Crippen molar-refractivity contribution in [2.75, 3.05) is 18.5 Å². The fraction of sp³-hybridized carbons (Fsp3) is 0.222. The number of halogens is 1. The number of guanidine groups is 1. The molecule has 17 heavy (non-hydrogen) atoms. The maximum atomic E-state index is 11.8. The summed E-state index contributed by atoms with van der Waals surface area (Å²) >= 11 is 5.74. The molecular formula is C9H10ClN3O3S. The molecule has 0 aliphatic carbocycles. The van der Waals surface area contributed by atoms with E-state index in [0.29, 0.717) is 10.7 Å². The minimum absolute atomic E-state index is 0.0768. The van der Waals surface area contributed by atoms with Crippen LogP contribution in [0, 0.1) is 0 Å². The van der Waals surface area contributed by atoms with Crippen molar-refractivity contribution in [2.24, 2.45) is 4.99 Å². The van der Waals surface area contributed by atoms with Crippen molar-refractivity contribution in [3.63, 3.8) is 0 Å². The normalized spacial score (nSPS) is 19.3. The average molecular weight is 276 g/mol. The fourth-order valence-electron chi connectivity index (χ4n) is 1.39. The van der Waals surface area contributed by atoms with Gasteiger partial charge in [0.1, 0.15) is 4.90 Å². The molecule has 8 heteroatoms. The monoisotopic (exact) mass is 275 g/mol. The van der Waals surface area contributed by atoms with E-state index in [-0.39, 0.29) is 24.0 Å². The lowest BCUT2D eigenvalue weighted by atomic mass is 10.3. The number of nitrogens with one attached hydrogen (secondary N) is 2. The Hall–Kier alpha value is -1.31. The Morgan fingerprint density at radius 2 is 2.18 bits per heavy atom. The second-order valence-electron chi connectivity index (χ2n) is 3.32. The van der Waals surface area contributed by atoms with Crippen LogP contribution in [-0.2, 0) is 10.0 Å². The first-order valence-corrected chi connectivity index (χ1v) is 6.64. The number of benzene rings is 1. The van der Waals surface area contributed by atoms with E-state index < -0.39 is 10.0 Å². The number of nitrogens with zero attached hydrogens (tertiary/aromatic N) is 1. The van der Waals surface area contributed by atoms with Crippen molar-refractivity contribution in [2.45, 2.75) is 4.90 Å². The molecule has 0 bridgehead atoms. The number of fused-ring (bicyclic) bond motifs is 1. The molecule has 0 saturated carbocycles. The van der Waals surface area contributed by atoms with Gasteiger partial charge in [0.15, 0.2) is 0 Å². The van der Waals surface area contributed by atoms with Gasteiger partial charge < -0.3 is 10.4 Å². The van der Waals surface area contributed by atoms with E-state index in [2.05, 4.69) is 15.0 Å². The maximum absolute atomic E-state index is 11.8. The Bertz CT molecular complexity index is 571. The molecule has 0 atom stereocenters. The van der Waals surface area contributed by atoms with Crippen molar-refractivity contribution < 1.29 is 13.5 Å². The number of aliphatic imine (C=N–C) groups is 1. The molecule has 1 aromatic rings. The van der Waals surface area contributed by atoms with Crippen LogP contribution in [0.5, 0.6) is 0 Å². The van der Waals surface area contributed by atoms with E-state index in [0.717, 1.165) is 0 Å². The van der Waals surface area contributed by atoms with E-state index in [1.54, 1.807) is 12.1 Å². The summed E-state index contributed by atoms with van der Waals surface area (Å²) in [7, 11) is -3.65. The van der Waals surface area contributed by atoms with Crippen LogP contribution in [0.1, 0.15) is 0 Å².